The Labute approximate surface area is 136 Å². The first-order chi connectivity index (χ1) is 10.6. The molecule has 0 fully saturated rings. The molecule has 128 valence electrons. The quantitative estimate of drug-likeness (QED) is 0.821. The van der Waals surface area contributed by atoms with Crippen LogP contribution in [0.1, 0.15) is 44.7 Å². The van der Waals surface area contributed by atoms with Gasteiger partial charge in [-0.2, -0.15) is 17.6 Å². The van der Waals surface area contributed by atoms with Crippen LogP contribution in [-0.4, -0.2) is 27.5 Å². The Morgan fingerprint density at radius 2 is 1.91 bits per heavy atom. The Hall–Kier alpha value is -1.37. The summed E-state index contributed by atoms with van der Waals surface area (Å²) in [6.45, 7) is 4.18. The highest BCUT2D eigenvalue weighted by Crippen LogP contribution is 2.31. The molecule has 0 saturated carbocycles. The van der Waals surface area contributed by atoms with Gasteiger partial charge in [0.05, 0.1) is 10.5 Å². The molecule has 1 aromatic carbocycles. The Morgan fingerprint density at radius 1 is 1.22 bits per heavy atom. The van der Waals surface area contributed by atoms with Gasteiger partial charge in [-0.3, -0.25) is 0 Å². The standard InChI is InChI=1S/C16H20F3NO2S/c1-15(2,3)23(21)20-13-8-4-7-12-11(13)6-5-9-14(12)22-10-16(17,18)19/h5-6,9H,4,7-8,10H2,1-3H3. The van der Waals surface area contributed by atoms with Gasteiger partial charge in [0.2, 0.25) is 0 Å². The Balaban J connectivity index is 2.33. The SMILES string of the molecule is CC(C)(C)S(=O)N=C1CCCc2c(OCC(F)(F)F)cccc21. The third-order valence-corrected chi connectivity index (χ3v) is 4.83. The minimum Gasteiger partial charge on any atom is -0.484 e. The number of hydrogen-bond acceptors (Lipinski definition) is 2. The number of ether oxygens (including phenoxy) is 1. The summed E-state index contributed by atoms with van der Waals surface area (Å²) in [5, 5.41) is 0. The summed E-state index contributed by atoms with van der Waals surface area (Å²) in [4.78, 5) is 0. The molecule has 2 rings (SSSR count). The maximum atomic E-state index is 12.4. The van der Waals surface area contributed by atoms with Crippen LogP contribution in [0.15, 0.2) is 22.6 Å². The number of hydrogen-bond donors (Lipinski definition) is 0. The number of alkyl halides is 3. The smallest absolute Gasteiger partial charge is 0.422 e. The van der Waals surface area contributed by atoms with E-state index in [2.05, 4.69) is 4.40 Å². The summed E-state index contributed by atoms with van der Waals surface area (Å²) < 4.78 is 58.1. The predicted molar refractivity (Wildman–Crippen MR) is 85.4 cm³/mol. The van der Waals surface area contributed by atoms with E-state index in [-0.39, 0.29) is 5.75 Å². The van der Waals surface area contributed by atoms with Crippen LogP contribution in [-0.2, 0) is 17.4 Å². The molecule has 0 aliphatic heterocycles. The van der Waals surface area contributed by atoms with E-state index in [9.17, 15) is 17.4 Å². The second-order valence-electron chi connectivity index (χ2n) is 6.44. The van der Waals surface area contributed by atoms with E-state index in [1.807, 2.05) is 20.8 Å². The van der Waals surface area contributed by atoms with Gasteiger partial charge >= 0.3 is 6.18 Å². The van der Waals surface area contributed by atoms with Crippen LogP contribution >= 0.6 is 0 Å². The average molecular weight is 347 g/mol. The monoisotopic (exact) mass is 347 g/mol. The van der Waals surface area contributed by atoms with Gasteiger partial charge in [0.1, 0.15) is 16.7 Å². The Morgan fingerprint density at radius 3 is 2.52 bits per heavy atom. The maximum Gasteiger partial charge on any atom is 0.422 e. The van der Waals surface area contributed by atoms with Gasteiger partial charge in [0, 0.05) is 11.1 Å². The van der Waals surface area contributed by atoms with Crippen molar-refractivity contribution < 1.29 is 22.1 Å². The molecule has 0 aromatic heterocycles. The summed E-state index contributed by atoms with van der Waals surface area (Å²) in [5.74, 6) is 0.230. The van der Waals surface area contributed by atoms with Crippen LogP contribution in [0.4, 0.5) is 13.2 Å². The second kappa shape index (κ2) is 6.63. The van der Waals surface area contributed by atoms with E-state index >= 15 is 0 Å². The molecule has 0 amide bonds. The lowest BCUT2D eigenvalue weighted by molar-refractivity contribution is -0.153. The first-order valence-electron chi connectivity index (χ1n) is 7.39. The molecular weight excluding hydrogens is 327 g/mol. The summed E-state index contributed by atoms with van der Waals surface area (Å²) >= 11 is 0. The Bertz CT molecular complexity index is 633. The van der Waals surface area contributed by atoms with Gasteiger partial charge in [-0.05, 0) is 46.1 Å². The summed E-state index contributed by atoms with van der Waals surface area (Å²) in [6.07, 6.45) is -2.33. The lowest BCUT2D eigenvalue weighted by Crippen LogP contribution is -2.23. The predicted octanol–water partition coefficient (Wildman–Crippen LogP) is 4.22. The van der Waals surface area contributed by atoms with Crippen molar-refractivity contribution in [2.45, 2.75) is 51.0 Å². The molecule has 0 radical (unpaired) electrons. The Kier molecular flexibility index (Phi) is 5.18. The minimum absolute atomic E-state index is 0.230. The number of benzene rings is 1. The van der Waals surface area contributed by atoms with Crippen LogP contribution < -0.4 is 4.74 Å². The average Bonchev–Trinajstić information content (AvgIpc) is 2.43. The topological polar surface area (TPSA) is 38.7 Å². The first kappa shape index (κ1) is 18.0. The van der Waals surface area contributed by atoms with E-state index in [1.54, 1.807) is 12.1 Å². The number of nitrogens with zero attached hydrogens (tertiary/aromatic N) is 1. The molecule has 23 heavy (non-hydrogen) atoms. The van der Waals surface area contributed by atoms with Crippen LogP contribution in [0.2, 0.25) is 0 Å². The number of fused-ring (bicyclic) bond motifs is 1. The summed E-state index contributed by atoms with van der Waals surface area (Å²) in [5.41, 5.74) is 2.14. The molecule has 7 heteroatoms. The van der Waals surface area contributed by atoms with Crippen molar-refractivity contribution in [2.24, 2.45) is 4.40 Å². The van der Waals surface area contributed by atoms with Crippen LogP contribution in [0.25, 0.3) is 0 Å². The largest absolute Gasteiger partial charge is 0.484 e. The molecule has 1 aromatic rings. The zero-order valence-corrected chi connectivity index (χ0v) is 14.2. The highest BCUT2D eigenvalue weighted by Gasteiger charge is 2.30. The van der Waals surface area contributed by atoms with E-state index in [0.29, 0.717) is 24.1 Å². The summed E-state index contributed by atoms with van der Waals surface area (Å²) in [7, 11) is -1.40. The fourth-order valence-corrected chi connectivity index (χ4v) is 2.95. The maximum absolute atomic E-state index is 12.4. The van der Waals surface area contributed by atoms with Crippen molar-refractivity contribution in [3.63, 3.8) is 0 Å². The van der Waals surface area contributed by atoms with Gasteiger partial charge in [0.25, 0.3) is 0 Å². The zero-order chi connectivity index (χ0) is 17.3. The van der Waals surface area contributed by atoms with Crippen LogP contribution in [0.3, 0.4) is 0 Å². The molecule has 0 saturated heterocycles. The van der Waals surface area contributed by atoms with E-state index < -0.39 is 28.5 Å². The van der Waals surface area contributed by atoms with Crippen molar-refractivity contribution in [2.75, 3.05) is 6.61 Å². The molecule has 0 spiro atoms. The van der Waals surface area contributed by atoms with E-state index in [0.717, 1.165) is 12.0 Å². The van der Waals surface area contributed by atoms with Gasteiger partial charge in [-0.15, -0.1) is 0 Å². The molecular formula is C16H20F3NO2S. The molecule has 0 bridgehead atoms. The molecule has 3 nitrogen and oxygen atoms in total. The first-order valence-corrected chi connectivity index (χ1v) is 8.50. The normalized spacial score (nSPS) is 18.6. The van der Waals surface area contributed by atoms with Crippen molar-refractivity contribution in [1.82, 2.24) is 0 Å². The van der Waals surface area contributed by atoms with Gasteiger partial charge in [-0.25, -0.2) is 4.21 Å². The van der Waals surface area contributed by atoms with Gasteiger partial charge < -0.3 is 4.74 Å². The second-order valence-corrected chi connectivity index (χ2v) is 8.34. The molecule has 0 heterocycles. The van der Waals surface area contributed by atoms with Gasteiger partial charge in [-0.1, -0.05) is 12.1 Å². The molecule has 1 aliphatic carbocycles. The van der Waals surface area contributed by atoms with Crippen molar-refractivity contribution in [1.29, 1.82) is 0 Å². The van der Waals surface area contributed by atoms with E-state index in [1.165, 1.54) is 6.07 Å². The highest BCUT2D eigenvalue weighted by atomic mass is 32.2. The summed E-state index contributed by atoms with van der Waals surface area (Å²) in [6, 6.07) is 4.98. The van der Waals surface area contributed by atoms with Crippen molar-refractivity contribution in [3.05, 3.63) is 29.3 Å². The molecule has 1 unspecified atom stereocenters. The van der Waals surface area contributed by atoms with Crippen molar-refractivity contribution >= 4 is 16.7 Å². The number of halogens is 3. The van der Waals surface area contributed by atoms with Crippen LogP contribution in [0.5, 0.6) is 5.75 Å². The van der Waals surface area contributed by atoms with Gasteiger partial charge in [0.15, 0.2) is 6.61 Å². The molecule has 1 aliphatic rings. The lowest BCUT2D eigenvalue weighted by Gasteiger charge is -2.22. The third-order valence-electron chi connectivity index (χ3n) is 3.39. The number of rotatable bonds is 3. The van der Waals surface area contributed by atoms with E-state index in [4.69, 9.17) is 4.74 Å². The fourth-order valence-electron chi connectivity index (χ4n) is 2.29. The van der Waals surface area contributed by atoms with Crippen molar-refractivity contribution in [3.8, 4) is 5.75 Å². The minimum atomic E-state index is -4.37. The zero-order valence-electron chi connectivity index (χ0n) is 13.4. The third kappa shape index (κ3) is 4.80. The van der Waals surface area contributed by atoms with Crippen LogP contribution in [0, 0.1) is 0 Å². The lowest BCUT2D eigenvalue weighted by atomic mass is 9.89. The molecule has 1 atom stereocenters. The molecule has 0 N–H and O–H groups in total. The highest BCUT2D eigenvalue weighted by molar-refractivity contribution is 7.85. The fraction of sp³-hybridized carbons (Fsp3) is 0.562.